The maximum Gasteiger partial charge on any atom is 0.239 e. The van der Waals surface area contributed by atoms with Crippen LogP contribution in [0.3, 0.4) is 0 Å². The van der Waals surface area contributed by atoms with E-state index in [1.807, 2.05) is 19.2 Å². The summed E-state index contributed by atoms with van der Waals surface area (Å²) in [6, 6.07) is 1.83. The number of fused-ring (bicyclic) bond motifs is 1. The second-order valence-corrected chi connectivity index (χ2v) is 3.98. The Morgan fingerprint density at radius 1 is 1.62 bits per heavy atom. The van der Waals surface area contributed by atoms with E-state index in [2.05, 4.69) is 10.4 Å². The molecule has 0 aromatic carbocycles. The first-order valence-electron chi connectivity index (χ1n) is 4.73. The summed E-state index contributed by atoms with van der Waals surface area (Å²) >= 11 is 6.04. The molecular weight excluding hydrogens is 228 g/mol. The van der Waals surface area contributed by atoms with Crippen LogP contribution < -0.4 is 11.3 Å². The number of aryl methyl sites for hydroxylation is 1. The number of carbonyl (C=O) groups excluding carboxylic acids is 1. The summed E-state index contributed by atoms with van der Waals surface area (Å²) in [6.07, 6.45) is 3.81. The normalized spacial score (nSPS) is 10.7. The Kier molecular flexibility index (Phi) is 2.80. The van der Waals surface area contributed by atoms with E-state index in [-0.39, 0.29) is 12.3 Å². The van der Waals surface area contributed by atoms with Crippen molar-refractivity contribution in [3.63, 3.8) is 0 Å². The lowest BCUT2D eigenvalue weighted by Gasteiger charge is -1.97. The Labute approximate surface area is 97.2 Å². The standard InChI is InChI=1S/C10H11ClN4O/c1-6-2-8(11)10-13-7(3-9(16)14-12)5-15(10)4-6/h2,4-5H,3,12H2,1H3,(H,14,16). The maximum atomic E-state index is 11.1. The van der Waals surface area contributed by atoms with Crippen LogP contribution in [-0.2, 0) is 11.2 Å². The Morgan fingerprint density at radius 3 is 3.06 bits per heavy atom. The van der Waals surface area contributed by atoms with Crippen LogP contribution in [0, 0.1) is 6.92 Å². The highest BCUT2D eigenvalue weighted by atomic mass is 35.5. The van der Waals surface area contributed by atoms with Gasteiger partial charge in [-0.25, -0.2) is 10.8 Å². The number of nitrogens with one attached hydrogen (secondary N) is 1. The van der Waals surface area contributed by atoms with Crippen molar-refractivity contribution in [2.75, 3.05) is 0 Å². The molecule has 3 N–H and O–H groups in total. The molecular formula is C10H11ClN4O. The average molecular weight is 239 g/mol. The Bertz CT molecular complexity index is 549. The van der Waals surface area contributed by atoms with Gasteiger partial charge in [-0.1, -0.05) is 11.6 Å². The molecule has 0 saturated carbocycles. The number of hydrazine groups is 1. The van der Waals surface area contributed by atoms with Crippen molar-refractivity contribution in [1.82, 2.24) is 14.8 Å². The zero-order chi connectivity index (χ0) is 11.7. The van der Waals surface area contributed by atoms with Gasteiger partial charge in [0.05, 0.1) is 17.1 Å². The van der Waals surface area contributed by atoms with Crippen LogP contribution in [0.5, 0.6) is 0 Å². The molecule has 16 heavy (non-hydrogen) atoms. The third-order valence-electron chi connectivity index (χ3n) is 2.20. The van der Waals surface area contributed by atoms with Crippen molar-refractivity contribution in [2.24, 2.45) is 5.84 Å². The number of imidazole rings is 1. The van der Waals surface area contributed by atoms with E-state index in [0.29, 0.717) is 16.4 Å². The monoisotopic (exact) mass is 238 g/mol. The molecule has 0 fully saturated rings. The lowest BCUT2D eigenvalue weighted by Crippen LogP contribution is -2.31. The molecule has 0 aliphatic rings. The number of hydrogen-bond donors (Lipinski definition) is 2. The molecule has 2 aromatic heterocycles. The van der Waals surface area contributed by atoms with Gasteiger partial charge >= 0.3 is 0 Å². The van der Waals surface area contributed by atoms with Gasteiger partial charge in [-0.05, 0) is 18.6 Å². The molecule has 5 nitrogen and oxygen atoms in total. The Morgan fingerprint density at radius 2 is 2.38 bits per heavy atom. The predicted octanol–water partition coefficient (Wildman–Crippen LogP) is 0.829. The second-order valence-electron chi connectivity index (χ2n) is 3.57. The number of aromatic nitrogens is 2. The fourth-order valence-electron chi connectivity index (χ4n) is 1.54. The summed E-state index contributed by atoms with van der Waals surface area (Å²) in [5, 5.41) is 0.569. The molecule has 0 saturated heterocycles. The fraction of sp³-hybridized carbons (Fsp3) is 0.200. The summed E-state index contributed by atoms with van der Waals surface area (Å²) < 4.78 is 1.80. The van der Waals surface area contributed by atoms with Crippen molar-refractivity contribution < 1.29 is 4.79 Å². The average Bonchev–Trinajstić information content (AvgIpc) is 2.60. The molecule has 84 valence electrons. The number of carbonyl (C=O) groups is 1. The molecule has 0 aliphatic heterocycles. The van der Waals surface area contributed by atoms with Crippen molar-refractivity contribution >= 4 is 23.2 Å². The molecule has 0 atom stereocenters. The predicted molar refractivity (Wildman–Crippen MR) is 61.0 cm³/mol. The molecule has 0 spiro atoms. The summed E-state index contributed by atoms with van der Waals surface area (Å²) in [6.45, 7) is 1.94. The van der Waals surface area contributed by atoms with Crippen LogP contribution in [0.25, 0.3) is 5.65 Å². The number of halogens is 1. The summed E-state index contributed by atoms with van der Waals surface area (Å²) in [7, 11) is 0. The van der Waals surface area contributed by atoms with E-state index < -0.39 is 0 Å². The first-order valence-corrected chi connectivity index (χ1v) is 5.11. The molecule has 0 unspecified atom stereocenters. The van der Waals surface area contributed by atoms with Gasteiger partial charge in [-0.2, -0.15) is 0 Å². The molecule has 2 heterocycles. The highest BCUT2D eigenvalue weighted by Crippen LogP contribution is 2.18. The summed E-state index contributed by atoms with van der Waals surface area (Å²) in [5.74, 6) is 4.73. The third-order valence-corrected chi connectivity index (χ3v) is 2.47. The van der Waals surface area contributed by atoms with Crippen molar-refractivity contribution in [3.05, 3.63) is 34.7 Å². The number of rotatable bonds is 2. The van der Waals surface area contributed by atoms with Gasteiger partial charge in [-0.15, -0.1) is 0 Å². The number of nitrogens with zero attached hydrogens (tertiary/aromatic N) is 2. The van der Waals surface area contributed by atoms with Crippen molar-refractivity contribution in [2.45, 2.75) is 13.3 Å². The van der Waals surface area contributed by atoms with Gasteiger partial charge in [0.15, 0.2) is 5.65 Å². The third kappa shape index (κ3) is 2.00. The van der Waals surface area contributed by atoms with E-state index in [0.717, 1.165) is 5.56 Å². The maximum absolute atomic E-state index is 11.1. The topological polar surface area (TPSA) is 72.4 Å². The highest BCUT2D eigenvalue weighted by molar-refractivity contribution is 6.33. The van der Waals surface area contributed by atoms with Gasteiger partial charge in [-0.3, -0.25) is 10.2 Å². The molecule has 2 rings (SSSR count). The van der Waals surface area contributed by atoms with Crippen LogP contribution in [0.15, 0.2) is 18.5 Å². The highest BCUT2D eigenvalue weighted by Gasteiger charge is 2.08. The van der Waals surface area contributed by atoms with Crippen LogP contribution in [0.1, 0.15) is 11.3 Å². The molecule has 1 amide bonds. The van der Waals surface area contributed by atoms with Gasteiger partial charge in [0, 0.05) is 12.4 Å². The molecule has 0 bridgehead atoms. The minimum atomic E-state index is -0.281. The van der Waals surface area contributed by atoms with E-state index in [1.165, 1.54) is 0 Å². The Hall–Kier alpha value is -1.59. The molecule has 0 radical (unpaired) electrons. The summed E-state index contributed by atoms with van der Waals surface area (Å²) in [4.78, 5) is 15.3. The van der Waals surface area contributed by atoms with Crippen molar-refractivity contribution in [3.8, 4) is 0 Å². The van der Waals surface area contributed by atoms with Gasteiger partial charge < -0.3 is 4.40 Å². The zero-order valence-electron chi connectivity index (χ0n) is 8.70. The molecule has 0 aliphatic carbocycles. The first-order chi connectivity index (χ1) is 7.60. The lowest BCUT2D eigenvalue weighted by molar-refractivity contribution is -0.120. The van der Waals surface area contributed by atoms with E-state index in [9.17, 15) is 4.79 Å². The van der Waals surface area contributed by atoms with Gasteiger partial charge in [0.1, 0.15) is 0 Å². The van der Waals surface area contributed by atoms with E-state index in [1.54, 1.807) is 10.6 Å². The first kappa shape index (κ1) is 10.9. The van der Waals surface area contributed by atoms with Crippen LogP contribution >= 0.6 is 11.6 Å². The summed E-state index contributed by atoms with van der Waals surface area (Å²) in [5.41, 5.74) is 4.37. The minimum absolute atomic E-state index is 0.146. The van der Waals surface area contributed by atoms with Crippen LogP contribution in [-0.4, -0.2) is 15.3 Å². The number of hydrogen-bond acceptors (Lipinski definition) is 3. The smallest absolute Gasteiger partial charge is 0.239 e. The van der Waals surface area contributed by atoms with Crippen molar-refractivity contribution in [1.29, 1.82) is 0 Å². The number of pyridine rings is 1. The number of amides is 1. The largest absolute Gasteiger partial charge is 0.305 e. The second kappa shape index (κ2) is 4.11. The Balaban J connectivity index is 2.44. The van der Waals surface area contributed by atoms with Gasteiger partial charge in [0.25, 0.3) is 0 Å². The molecule has 6 heteroatoms. The SMILES string of the molecule is Cc1cc(Cl)c2nc(CC(=O)NN)cn2c1. The number of nitrogens with two attached hydrogens (primary N) is 1. The quantitative estimate of drug-likeness (QED) is 0.462. The fourth-order valence-corrected chi connectivity index (χ4v) is 1.85. The van der Waals surface area contributed by atoms with Crippen LogP contribution in [0.4, 0.5) is 0 Å². The van der Waals surface area contributed by atoms with Crippen LogP contribution in [0.2, 0.25) is 5.02 Å². The van der Waals surface area contributed by atoms with E-state index in [4.69, 9.17) is 17.4 Å². The lowest BCUT2D eigenvalue weighted by atomic mass is 10.3. The van der Waals surface area contributed by atoms with E-state index >= 15 is 0 Å². The minimum Gasteiger partial charge on any atom is -0.305 e. The van der Waals surface area contributed by atoms with Gasteiger partial charge in [0.2, 0.25) is 5.91 Å². The molecule has 2 aromatic rings. The zero-order valence-corrected chi connectivity index (χ0v) is 9.45.